The zero-order valence-electron chi connectivity index (χ0n) is 14.7. The van der Waals surface area contributed by atoms with Gasteiger partial charge in [0.2, 0.25) is 11.8 Å². The van der Waals surface area contributed by atoms with E-state index < -0.39 is 0 Å². The van der Waals surface area contributed by atoms with E-state index in [0.717, 1.165) is 19.4 Å². The monoisotopic (exact) mass is 290 g/mol. The van der Waals surface area contributed by atoms with Gasteiger partial charge in [-0.3, -0.25) is 9.59 Å². The standard InChI is InChI=1S/C7H15NO.C6H13NO2.C2H6/c1-4-5-6-8(3)7(2)9;1-6(8)7(2)4-5-9-3;1-2/h4-6H2,1-3H3;4-5H2,1-3H3;1-2H3. The van der Waals surface area contributed by atoms with E-state index in [9.17, 15) is 9.59 Å². The number of unbranched alkanes of at least 4 members (excludes halogenated alkanes) is 1. The number of likely N-dealkylation sites (N-methyl/N-ethyl adjacent to an activating group) is 1. The Morgan fingerprint density at radius 3 is 1.65 bits per heavy atom. The van der Waals surface area contributed by atoms with Crippen molar-refractivity contribution in [2.24, 2.45) is 0 Å². The van der Waals surface area contributed by atoms with Crippen molar-refractivity contribution in [2.75, 3.05) is 40.9 Å². The van der Waals surface area contributed by atoms with Gasteiger partial charge in [-0.1, -0.05) is 27.2 Å². The summed E-state index contributed by atoms with van der Waals surface area (Å²) in [6.07, 6.45) is 2.26. The van der Waals surface area contributed by atoms with Gasteiger partial charge >= 0.3 is 0 Å². The van der Waals surface area contributed by atoms with Crippen LogP contribution in [-0.2, 0) is 14.3 Å². The maximum atomic E-state index is 10.6. The molecule has 0 heterocycles. The number of rotatable bonds is 6. The molecule has 0 fully saturated rings. The van der Waals surface area contributed by atoms with Crippen molar-refractivity contribution in [3.05, 3.63) is 0 Å². The van der Waals surface area contributed by atoms with Crippen LogP contribution in [0.5, 0.6) is 0 Å². The van der Waals surface area contributed by atoms with Crippen LogP contribution in [0.3, 0.4) is 0 Å². The SMILES string of the molecule is CC.CCCCN(C)C(C)=O.COCCN(C)C(C)=O. The molecule has 0 saturated carbocycles. The van der Waals surface area contributed by atoms with Crippen molar-refractivity contribution in [2.45, 2.75) is 47.5 Å². The highest BCUT2D eigenvalue weighted by molar-refractivity contribution is 5.73. The smallest absolute Gasteiger partial charge is 0.219 e. The molecule has 20 heavy (non-hydrogen) atoms. The molecule has 0 aromatic rings. The van der Waals surface area contributed by atoms with Crippen LogP contribution < -0.4 is 0 Å². The third kappa shape index (κ3) is 19.2. The van der Waals surface area contributed by atoms with Crippen LogP contribution in [0.1, 0.15) is 47.5 Å². The van der Waals surface area contributed by atoms with E-state index in [1.54, 1.807) is 30.9 Å². The zero-order chi connectivity index (χ0) is 16.6. The molecule has 0 radical (unpaired) electrons. The Balaban J connectivity index is -0.000000257. The minimum Gasteiger partial charge on any atom is -0.383 e. The second-order valence-electron chi connectivity index (χ2n) is 4.23. The van der Waals surface area contributed by atoms with Crippen molar-refractivity contribution in [3.8, 4) is 0 Å². The van der Waals surface area contributed by atoms with Crippen molar-refractivity contribution < 1.29 is 14.3 Å². The summed E-state index contributed by atoms with van der Waals surface area (Å²) in [4.78, 5) is 24.4. The fraction of sp³-hybridized carbons (Fsp3) is 0.867. The molecule has 0 bridgehead atoms. The lowest BCUT2D eigenvalue weighted by atomic mass is 10.3. The van der Waals surface area contributed by atoms with Gasteiger partial charge in [-0.25, -0.2) is 0 Å². The van der Waals surface area contributed by atoms with E-state index in [1.165, 1.54) is 6.92 Å². The summed E-state index contributed by atoms with van der Waals surface area (Å²) in [5, 5.41) is 0. The number of nitrogens with zero attached hydrogens (tertiary/aromatic N) is 2. The first-order valence-electron chi connectivity index (χ1n) is 7.29. The molecule has 5 heteroatoms. The van der Waals surface area contributed by atoms with Gasteiger partial charge in [-0.05, 0) is 6.42 Å². The topological polar surface area (TPSA) is 49.9 Å². The average molecular weight is 290 g/mol. The van der Waals surface area contributed by atoms with Gasteiger partial charge in [0, 0.05) is 48.1 Å². The molecule has 5 nitrogen and oxygen atoms in total. The summed E-state index contributed by atoms with van der Waals surface area (Å²) in [7, 11) is 5.20. The number of methoxy groups -OCH3 is 1. The maximum Gasteiger partial charge on any atom is 0.219 e. The third-order valence-corrected chi connectivity index (χ3v) is 2.55. The number of hydrogen-bond donors (Lipinski definition) is 0. The van der Waals surface area contributed by atoms with Gasteiger partial charge in [0.25, 0.3) is 0 Å². The molecule has 0 spiro atoms. The zero-order valence-corrected chi connectivity index (χ0v) is 14.7. The number of carbonyl (C=O) groups excluding carboxylic acids is 2. The van der Waals surface area contributed by atoms with E-state index in [0.29, 0.717) is 13.2 Å². The number of ether oxygens (including phenoxy) is 1. The van der Waals surface area contributed by atoms with Crippen LogP contribution in [0.25, 0.3) is 0 Å². The van der Waals surface area contributed by atoms with E-state index in [1.807, 2.05) is 20.9 Å². The fourth-order valence-corrected chi connectivity index (χ4v) is 0.938. The van der Waals surface area contributed by atoms with Crippen molar-refractivity contribution in [1.82, 2.24) is 9.80 Å². The molecule has 0 N–H and O–H groups in total. The Morgan fingerprint density at radius 2 is 1.35 bits per heavy atom. The Labute approximate surface area is 125 Å². The second kappa shape index (κ2) is 17.9. The lowest BCUT2D eigenvalue weighted by Gasteiger charge is -2.12. The Kier molecular flexibility index (Phi) is 21.4. The first kappa shape index (κ1) is 24.0. The minimum atomic E-state index is 0.0760. The highest BCUT2D eigenvalue weighted by Gasteiger charge is 1.98. The molecule has 122 valence electrons. The lowest BCUT2D eigenvalue weighted by molar-refractivity contribution is -0.128. The number of carbonyl (C=O) groups is 2. The van der Waals surface area contributed by atoms with Gasteiger partial charge in [0.05, 0.1) is 6.61 Å². The van der Waals surface area contributed by atoms with E-state index in [-0.39, 0.29) is 11.8 Å². The predicted octanol–water partition coefficient (Wildman–Crippen LogP) is 2.40. The summed E-state index contributed by atoms with van der Waals surface area (Å²) in [6.45, 7) is 11.4. The molecule has 0 atom stereocenters. The maximum absolute atomic E-state index is 10.6. The van der Waals surface area contributed by atoms with Gasteiger partial charge in [0.15, 0.2) is 0 Å². The summed E-state index contributed by atoms with van der Waals surface area (Å²) in [6, 6.07) is 0. The van der Waals surface area contributed by atoms with E-state index in [2.05, 4.69) is 6.92 Å². The molecule has 0 aromatic carbocycles. The lowest BCUT2D eigenvalue weighted by Crippen LogP contribution is -2.27. The Hall–Kier alpha value is -1.10. The van der Waals surface area contributed by atoms with Gasteiger partial charge in [-0.15, -0.1) is 0 Å². The minimum absolute atomic E-state index is 0.0760. The highest BCUT2D eigenvalue weighted by Crippen LogP contribution is 1.90. The Morgan fingerprint density at radius 1 is 0.950 bits per heavy atom. The van der Waals surface area contributed by atoms with Crippen LogP contribution in [0, 0.1) is 0 Å². The van der Waals surface area contributed by atoms with Crippen LogP contribution >= 0.6 is 0 Å². The first-order chi connectivity index (χ1) is 9.36. The van der Waals surface area contributed by atoms with Crippen molar-refractivity contribution in [1.29, 1.82) is 0 Å². The molecule has 2 amide bonds. The molecule has 0 saturated heterocycles. The van der Waals surface area contributed by atoms with Crippen LogP contribution in [0.2, 0.25) is 0 Å². The number of amides is 2. The summed E-state index contributed by atoms with van der Waals surface area (Å²) >= 11 is 0. The molecule has 0 aliphatic heterocycles. The molecular weight excluding hydrogens is 256 g/mol. The van der Waals surface area contributed by atoms with Crippen molar-refractivity contribution >= 4 is 11.8 Å². The van der Waals surface area contributed by atoms with Gasteiger partial charge < -0.3 is 14.5 Å². The normalized spacial score (nSPS) is 8.60. The Bertz CT molecular complexity index is 209. The van der Waals surface area contributed by atoms with Gasteiger partial charge in [-0.2, -0.15) is 0 Å². The first-order valence-corrected chi connectivity index (χ1v) is 7.29. The summed E-state index contributed by atoms with van der Waals surface area (Å²) in [5.41, 5.74) is 0. The van der Waals surface area contributed by atoms with Crippen LogP contribution in [-0.4, -0.2) is 62.5 Å². The fourth-order valence-electron chi connectivity index (χ4n) is 0.938. The third-order valence-electron chi connectivity index (χ3n) is 2.55. The largest absolute Gasteiger partial charge is 0.383 e. The van der Waals surface area contributed by atoms with Crippen LogP contribution in [0.15, 0.2) is 0 Å². The van der Waals surface area contributed by atoms with Crippen LogP contribution in [0.4, 0.5) is 0 Å². The molecular formula is C15H34N2O3. The quantitative estimate of drug-likeness (QED) is 0.755. The van der Waals surface area contributed by atoms with E-state index >= 15 is 0 Å². The molecule has 0 aliphatic carbocycles. The molecule has 0 rings (SSSR count). The molecule has 0 unspecified atom stereocenters. The number of hydrogen-bond acceptors (Lipinski definition) is 3. The van der Waals surface area contributed by atoms with Crippen molar-refractivity contribution in [3.63, 3.8) is 0 Å². The summed E-state index contributed by atoms with van der Waals surface area (Å²) in [5.74, 6) is 0.232. The summed E-state index contributed by atoms with van der Waals surface area (Å²) < 4.78 is 4.77. The van der Waals surface area contributed by atoms with E-state index in [4.69, 9.17) is 4.74 Å². The second-order valence-corrected chi connectivity index (χ2v) is 4.23. The highest BCUT2D eigenvalue weighted by atomic mass is 16.5. The van der Waals surface area contributed by atoms with Gasteiger partial charge in [0.1, 0.15) is 0 Å². The molecule has 0 aromatic heterocycles. The predicted molar refractivity (Wildman–Crippen MR) is 84.8 cm³/mol. The average Bonchev–Trinajstić information content (AvgIpc) is 2.44. The molecule has 0 aliphatic rings.